The van der Waals surface area contributed by atoms with Crippen LogP contribution in [-0.2, 0) is 26.2 Å². The van der Waals surface area contributed by atoms with Gasteiger partial charge in [-0.3, -0.25) is 13.9 Å². The highest BCUT2D eigenvalue weighted by atomic mass is 32.2. The molecular weight excluding hydrogens is 506 g/mol. The first-order valence-electron chi connectivity index (χ1n) is 12.1. The number of amides is 2. The zero-order valence-corrected chi connectivity index (χ0v) is 22.8. The van der Waals surface area contributed by atoms with E-state index in [-0.39, 0.29) is 23.0 Å². The highest BCUT2D eigenvalue weighted by Crippen LogP contribution is 2.34. The number of likely N-dealkylation sites (N-methyl/N-ethyl adjacent to an activating group) is 1. The van der Waals surface area contributed by atoms with Crippen molar-refractivity contribution in [3.8, 4) is 11.5 Å². The maximum Gasteiger partial charge on any atom is 0.264 e. The van der Waals surface area contributed by atoms with Gasteiger partial charge in [-0.25, -0.2) is 8.42 Å². The summed E-state index contributed by atoms with van der Waals surface area (Å²) >= 11 is 0. The van der Waals surface area contributed by atoms with E-state index in [4.69, 9.17) is 9.47 Å². The van der Waals surface area contributed by atoms with Crippen LogP contribution >= 0.6 is 0 Å². The van der Waals surface area contributed by atoms with E-state index >= 15 is 0 Å². The molecule has 38 heavy (non-hydrogen) atoms. The van der Waals surface area contributed by atoms with Crippen molar-refractivity contribution in [1.29, 1.82) is 0 Å². The Balaban J connectivity index is 2.06. The average Bonchev–Trinajstić information content (AvgIpc) is 2.94. The molecule has 2 amide bonds. The molecule has 0 unspecified atom stereocenters. The Kier molecular flexibility index (Phi) is 9.72. The molecule has 9 nitrogen and oxygen atoms in total. The van der Waals surface area contributed by atoms with Gasteiger partial charge in [-0.2, -0.15) is 0 Å². The van der Waals surface area contributed by atoms with Crippen LogP contribution in [0, 0.1) is 0 Å². The second kappa shape index (κ2) is 13.0. The van der Waals surface area contributed by atoms with E-state index in [9.17, 15) is 18.0 Å². The maximum absolute atomic E-state index is 13.8. The number of carbonyl (C=O) groups excluding carboxylic acids is 2. The zero-order valence-electron chi connectivity index (χ0n) is 22.0. The lowest BCUT2D eigenvalue weighted by molar-refractivity contribution is -0.139. The molecule has 0 aliphatic rings. The summed E-state index contributed by atoms with van der Waals surface area (Å²) in [6.45, 7) is 3.40. The standard InChI is InChI=1S/C28H33N3O6S/c1-5-29-28(33)21(2)30(19-22-12-8-6-9-13-22)27(32)20-31(38(34,35)24-14-10-7-11-15-24)23-16-17-25(36-3)26(18-23)37-4/h6-18,21H,5,19-20H2,1-4H3,(H,29,33)/t21-/m0/s1. The van der Waals surface area contributed by atoms with Crippen LogP contribution in [0.5, 0.6) is 11.5 Å². The Bertz CT molecular complexity index is 1330. The third kappa shape index (κ3) is 6.63. The van der Waals surface area contributed by atoms with Crippen molar-refractivity contribution in [1.82, 2.24) is 10.2 Å². The molecule has 1 N–H and O–H groups in total. The van der Waals surface area contributed by atoms with Crippen LogP contribution in [0.15, 0.2) is 83.8 Å². The molecule has 0 aliphatic heterocycles. The molecule has 0 aliphatic carbocycles. The van der Waals surface area contributed by atoms with E-state index in [2.05, 4.69) is 5.32 Å². The maximum atomic E-state index is 13.8. The lowest BCUT2D eigenvalue weighted by atomic mass is 10.1. The van der Waals surface area contributed by atoms with E-state index in [1.54, 1.807) is 44.2 Å². The van der Waals surface area contributed by atoms with Crippen LogP contribution in [0.1, 0.15) is 19.4 Å². The second-order valence-corrected chi connectivity index (χ2v) is 10.3. The van der Waals surface area contributed by atoms with Crippen molar-refractivity contribution in [3.63, 3.8) is 0 Å². The Morgan fingerprint density at radius 2 is 1.50 bits per heavy atom. The van der Waals surface area contributed by atoms with Crippen LogP contribution in [-0.4, -0.2) is 58.5 Å². The number of rotatable bonds is 12. The summed E-state index contributed by atoms with van der Waals surface area (Å²) in [6, 6.07) is 20.9. The molecule has 10 heteroatoms. The monoisotopic (exact) mass is 539 g/mol. The lowest BCUT2D eigenvalue weighted by Gasteiger charge is -2.32. The number of nitrogens with one attached hydrogen (secondary N) is 1. The van der Waals surface area contributed by atoms with Gasteiger partial charge in [0, 0.05) is 19.2 Å². The first-order valence-corrected chi connectivity index (χ1v) is 13.6. The number of benzene rings is 3. The van der Waals surface area contributed by atoms with Crippen molar-refractivity contribution in [2.24, 2.45) is 0 Å². The number of hydrogen-bond donors (Lipinski definition) is 1. The summed E-state index contributed by atoms with van der Waals surface area (Å²) in [5, 5.41) is 2.74. The van der Waals surface area contributed by atoms with E-state index in [0.717, 1.165) is 9.87 Å². The zero-order chi connectivity index (χ0) is 27.7. The number of anilines is 1. The smallest absolute Gasteiger partial charge is 0.264 e. The average molecular weight is 540 g/mol. The van der Waals surface area contributed by atoms with Crippen LogP contribution < -0.4 is 19.1 Å². The van der Waals surface area contributed by atoms with Gasteiger partial charge in [-0.05, 0) is 43.7 Å². The molecule has 1 atom stereocenters. The van der Waals surface area contributed by atoms with Crippen molar-refractivity contribution >= 4 is 27.5 Å². The van der Waals surface area contributed by atoms with E-state index < -0.39 is 28.5 Å². The number of nitrogens with zero attached hydrogens (tertiary/aromatic N) is 2. The first kappa shape index (κ1) is 28.5. The molecule has 0 aromatic heterocycles. The van der Waals surface area contributed by atoms with Gasteiger partial charge in [0.2, 0.25) is 11.8 Å². The summed E-state index contributed by atoms with van der Waals surface area (Å²) in [5.74, 6) is -0.153. The van der Waals surface area contributed by atoms with E-state index in [1.807, 2.05) is 30.3 Å². The highest BCUT2D eigenvalue weighted by Gasteiger charge is 2.32. The number of methoxy groups -OCH3 is 2. The summed E-state index contributed by atoms with van der Waals surface area (Å²) in [6.07, 6.45) is 0. The molecule has 0 fully saturated rings. The van der Waals surface area contributed by atoms with Crippen molar-refractivity contribution in [2.45, 2.75) is 31.3 Å². The number of carbonyl (C=O) groups is 2. The third-order valence-corrected chi connectivity index (χ3v) is 7.77. The number of hydrogen-bond acceptors (Lipinski definition) is 6. The molecule has 0 bridgehead atoms. The van der Waals surface area contributed by atoms with Crippen LogP contribution in [0.3, 0.4) is 0 Å². The second-order valence-electron chi connectivity index (χ2n) is 8.44. The molecule has 202 valence electrons. The molecule has 0 radical (unpaired) electrons. The fraction of sp³-hybridized carbons (Fsp3) is 0.286. The summed E-state index contributed by atoms with van der Waals surface area (Å²) in [4.78, 5) is 28.0. The van der Waals surface area contributed by atoms with Crippen LogP contribution in [0.25, 0.3) is 0 Å². The number of sulfonamides is 1. The molecule has 3 rings (SSSR count). The van der Waals surface area contributed by atoms with Gasteiger partial charge >= 0.3 is 0 Å². The van der Waals surface area contributed by atoms with Crippen LogP contribution in [0.2, 0.25) is 0 Å². The predicted molar refractivity (Wildman–Crippen MR) is 146 cm³/mol. The summed E-state index contributed by atoms with van der Waals surface area (Å²) in [7, 11) is -1.25. The highest BCUT2D eigenvalue weighted by molar-refractivity contribution is 7.92. The molecule has 0 spiro atoms. The van der Waals surface area contributed by atoms with Gasteiger partial charge in [0.25, 0.3) is 10.0 Å². The normalized spacial score (nSPS) is 11.8. The van der Waals surface area contributed by atoms with Gasteiger partial charge in [0.05, 0.1) is 24.8 Å². The van der Waals surface area contributed by atoms with Gasteiger partial charge in [-0.15, -0.1) is 0 Å². The summed E-state index contributed by atoms with van der Waals surface area (Å²) in [5.41, 5.74) is 1.02. The minimum Gasteiger partial charge on any atom is -0.493 e. The van der Waals surface area contributed by atoms with Crippen molar-refractivity contribution in [2.75, 3.05) is 31.6 Å². The van der Waals surface area contributed by atoms with Gasteiger partial charge < -0.3 is 19.7 Å². The Morgan fingerprint density at radius 1 is 0.895 bits per heavy atom. The van der Waals surface area contributed by atoms with E-state index in [1.165, 1.54) is 37.3 Å². The fourth-order valence-corrected chi connectivity index (χ4v) is 5.34. The molecule has 0 heterocycles. The van der Waals surface area contributed by atoms with Crippen molar-refractivity contribution < 1.29 is 27.5 Å². The third-order valence-electron chi connectivity index (χ3n) is 5.98. The Morgan fingerprint density at radius 3 is 2.08 bits per heavy atom. The Hall–Kier alpha value is -4.05. The number of ether oxygens (including phenoxy) is 2. The lowest BCUT2D eigenvalue weighted by Crippen LogP contribution is -2.51. The molecular formula is C28H33N3O6S. The SMILES string of the molecule is CCNC(=O)[C@H](C)N(Cc1ccccc1)C(=O)CN(c1ccc(OC)c(OC)c1)S(=O)(=O)c1ccccc1. The molecule has 3 aromatic carbocycles. The molecule has 0 saturated heterocycles. The van der Waals surface area contributed by atoms with Gasteiger partial charge in [0.15, 0.2) is 11.5 Å². The van der Waals surface area contributed by atoms with Gasteiger partial charge in [-0.1, -0.05) is 48.5 Å². The molecule has 0 saturated carbocycles. The van der Waals surface area contributed by atoms with Crippen molar-refractivity contribution in [3.05, 3.63) is 84.4 Å². The van der Waals surface area contributed by atoms with E-state index in [0.29, 0.717) is 18.0 Å². The largest absolute Gasteiger partial charge is 0.493 e. The predicted octanol–water partition coefficient (Wildman–Crippen LogP) is 3.45. The molecule has 3 aromatic rings. The minimum absolute atomic E-state index is 0.0222. The topological polar surface area (TPSA) is 105 Å². The Labute approximate surface area is 224 Å². The van der Waals surface area contributed by atoms with Crippen LogP contribution in [0.4, 0.5) is 5.69 Å². The first-order chi connectivity index (χ1) is 18.2. The van der Waals surface area contributed by atoms with Gasteiger partial charge in [0.1, 0.15) is 12.6 Å². The minimum atomic E-state index is -4.17. The fourth-order valence-electron chi connectivity index (χ4n) is 3.91. The summed E-state index contributed by atoms with van der Waals surface area (Å²) < 4.78 is 39.3. The quantitative estimate of drug-likeness (QED) is 0.378.